The van der Waals surface area contributed by atoms with Crippen LogP contribution in [0.25, 0.3) is 0 Å². The maximum Gasteiger partial charge on any atom is 0.232 e. The van der Waals surface area contributed by atoms with Crippen molar-refractivity contribution in [2.24, 2.45) is 5.92 Å². The summed E-state index contributed by atoms with van der Waals surface area (Å²) in [6.45, 7) is 7.40. The highest BCUT2D eigenvalue weighted by atomic mass is 32.2. The van der Waals surface area contributed by atoms with Crippen molar-refractivity contribution >= 4 is 21.6 Å². The monoisotopic (exact) mass is 356 g/mol. The predicted octanol–water partition coefficient (Wildman–Crippen LogP) is 2.40. The molecule has 0 atom stereocenters. The van der Waals surface area contributed by atoms with Gasteiger partial charge in [0.2, 0.25) is 15.9 Å². The molecule has 0 unspecified atom stereocenters. The van der Waals surface area contributed by atoms with Gasteiger partial charge in [0.05, 0.1) is 18.6 Å². The van der Waals surface area contributed by atoms with E-state index in [2.05, 4.69) is 5.32 Å². The van der Waals surface area contributed by atoms with Gasteiger partial charge in [-0.05, 0) is 43.5 Å². The molecule has 1 aromatic rings. The van der Waals surface area contributed by atoms with Crippen LogP contribution in [0.1, 0.15) is 33.6 Å². The van der Waals surface area contributed by atoms with Crippen LogP contribution in [0.3, 0.4) is 0 Å². The number of hydrogen-bond acceptors (Lipinski definition) is 4. The standard InChI is InChI=1S/C17H28N2O4S/c1-5-23-16-10-8-15(9-11-16)19(24(4,21)22)12-6-7-17(20)18-13-14(2)3/h8-11,14H,5-7,12-13H2,1-4H3,(H,18,20). The minimum atomic E-state index is -3.41. The normalized spacial score (nSPS) is 11.4. The Kier molecular flexibility index (Phi) is 8.04. The molecule has 0 aliphatic heterocycles. The van der Waals surface area contributed by atoms with Crippen molar-refractivity contribution in [3.05, 3.63) is 24.3 Å². The van der Waals surface area contributed by atoms with E-state index in [1.807, 2.05) is 20.8 Å². The van der Waals surface area contributed by atoms with E-state index < -0.39 is 10.0 Å². The van der Waals surface area contributed by atoms with Crippen molar-refractivity contribution in [2.45, 2.75) is 33.6 Å². The van der Waals surface area contributed by atoms with Crippen LogP contribution in [-0.2, 0) is 14.8 Å². The number of nitrogens with one attached hydrogen (secondary N) is 1. The zero-order chi connectivity index (χ0) is 18.2. The molecule has 136 valence electrons. The molecule has 1 aromatic carbocycles. The van der Waals surface area contributed by atoms with Crippen LogP contribution in [0.15, 0.2) is 24.3 Å². The van der Waals surface area contributed by atoms with Crippen LogP contribution in [-0.4, -0.2) is 40.3 Å². The van der Waals surface area contributed by atoms with Gasteiger partial charge in [0, 0.05) is 19.5 Å². The highest BCUT2D eigenvalue weighted by Gasteiger charge is 2.17. The Balaban J connectivity index is 2.65. The van der Waals surface area contributed by atoms with Crippen LogP contribution in [0.5, 0.6) is 5.75 Å². The summed E-state index contributed by atoms with van der Waals surface area (Å²) in [6, 6.07) is 6.91. The van der Waals surface area contributed by atoms with E-state index in [0.29, 0.717) is 43.3 Å². The summed E-state index contributed by atoms with van der Waals surface area (Å²) in [5.41, 5.74) is 0.573. The quantitative estimate of drug-likeness (QED) is 0.698. The number of benzene rings is 1. The van der Waals surface area contributed by atoms with Gasteiger partial charge >= 0.3 is 0 Å². The second kappa shape index (κ2) is 9.52. The number of carbonyl (C=O) groups excluding carboxylic acids is 1. The van der Waals surface area contributed by atoms with E-state index in [1.165, 1.54) is 10.6 Å². The van der Waals surface area contributed by atoms with Gasteiger partial charge in [-0.1, -0.05) is 13.8 Å². The second-order valence-electron chi connectivity index (χ2n) is 6.06. The molecule has 24 heavy (non-hydrogen) atoms. The molecule has 0 aliphatic carbocycles. The smallest absolute Gasteiger partial charge is 0.232 e. The van der Waals surface area contributed by atoms with Gasteiger partial charge in [0.15, 0.2) is 0 Å². The van der Waals surface area contributed by atoms with Crippen molar-refractivity contribution in [3.63, 3.8) is 0 Å². The third-order valence-electron chi connectivity index (χ3n) is 3.31. The molecular formula is C17H28N2O4S. The molecule has 0 aromatic heterocycles. The molecule has 7 heteroatoms. The molecule has 6 nitrogen and oxygen atoms in total. The van der Waals surface area contributed by atoms with Crippen molar-refractivity contribution in [2.75, 3.05) is 30.3 Å². The number of rotatable bonds is 10. The number of anilines is 1. The third-order valence-corrected chi connectivity index (χ3v) is 4.50. The number of ether oxygens (including phenoxy) is 1. The Hall–Kier alpha value is -1.76. The average Bonchev–Trinajstić information content (AvgIpc) is 2.50. The van der Waals surface area contributed by atoms with Gasteiger partial charge in [0.1, 0.15) is 5.75 Å². The van der Waals surface area contributed by atoms with Crippen molar-refractivity contribution in [3.8, 4) is 5.75 Å². The lowest BCUT2D eigenvalue weighted by molar-refractivity contribution is -0.121. The first kappa shape index (κ1) is 20.3. The van der Waals surface area contributed by atoms with E-state index in [1.54, 1.807) is 24.3 Å². The number of nitrogens with zero attached hydrogens (tertiary/aromatic N) is 1. The first-order valence-corrected chi connectivity index (χ1v) is 10.1. The van der Waals surface area contributed by atoms with Crippen molar-refractivity contribution in [1.82, 2.24) is 5.32 Å². The van der Waals surface area contributed by atoms with E-state index in [0.717, 1.165) is 0 Å². The molecule has 0 aliphatic rings. The number of amides is 1. The van der Waals surface area contributed by atoms with Gasteiger partial charge < -0.3 is 10.1 Å². The molecule has 0 saturated heterocycles. The molecule has 0 heterocycles. The minimum absolute atomic E-state index is 0.0520. The van der Waals surface area contributed by atoms with E-state index in [9.17, 15) is 13.2 Å². The Bertz CT molecular complexity index is 612. The molecule has 0 spiro atoms. The van der Waals surface area contributed by atoms with Gasteiger partial charge in [-0.3, -0.25) is 9.10 Å². The van der Waals surface area contributed by atoms with Crippen LogP contribution in [0, 0.1) is 5.92 Å². The largest absolute Gasteiger partial charge is 0.494 e. The second-order valence-corrected chi connectivity index (χ2v) is 7.97. The SMILES string of the molecule is CCOc1ccc(N(CCCC(=O)NCC(C)C)S(C)(=O)=O)cc1. The first-order chi connectivity index (χ1) is 11.2. The van der Waals surface area contributed by atoms with Crippen LogP contribution in [0.2, 0.25) is 0 Å². The summed E-state index contributed by atoms with van der Waals surface area (Å²) in [7, 11) is -3.41. The maximum absolute atomic E-state index is 12.0. The zero-order valence-electron chi connectivity index (χ0n) is 14.9. The summed E-state index contributed by atoms with van der Waals surface area (Å²) >= 11 is 0. The Morgan fingerprint density at radius 3 is 2.38 bits per heavy atom. The van der Waals surface area contributed by atoms with Crippen LogP contribution >= 0.6 is 0 Å². The van der Waals surface area contributed by atoms with Crippen LogP contribution < -0.4 is 14.4 Å². The lowest BCUT2D eigenvalue weighted by atomic mass is 10.2. The zero-order valence-corrected chi connectivity index (χ0v) is 15.7. The molecule has 0 saturated carbocycles. The molecule has 1 rings (SSSR count). The Morgan fingerprint density at radius 2 is 1.88 bits per heavy atom. The molecule has 1 amide bonds. The summed E-state index contributed by atoms with van der Waals surface area (Å²) < 4.78 is 30.7. The third kappa shape index (κ3) is 7.21. The highest BCUT2D eigenvalue weighted by molar-refractivity contribution is 7.92. The lowest BCUT2D eigenvalue weighted by Crippen LogP contribution is -2.32. The summed E-state index contributed by atoms with van der Waals surface area (Å²) in [4.78, 5) is 11.7. The average molecular weight is 356 g/mol. The van der Waals surface area contributed by atoms with E-state index in [-0.39, 0.29) is 12.5 Å². The summed E-state index contributed by atoms with van der Waals surface area (Å²) in [5, 5.41) is 2.83. The number of sulfonamides is 1. The number of carbonyl (C=O) groups is 1. The summed E-state index contributed by atoms with van der Waals surface area (Å²) in [6.07, 6.45) is 1.93. The minimum Gasteiger partial charge on any atom is -0.494 e. The van der Waals surface area contributed by atoms with Crippen LogP contribution in [0.4, 0.5) is 5.69 Å². The fourth-order valence-corrected chi connectivity index (χ4v) is 3.12. The van der Waals surface area contributed by atoms with Gasteiger partial charge in [0.25, 0.3) is 0 Å². The Labute approximate surface area is 145 Å². The molecule has 1 N–H and O–H groups in total. The summed E-state index contributed by atoms with van der Waals surface area (Å²) in [5.74, 6) is 1.04. The molecule has 0 radical (unpaired) electrons. The Morgan fingerprint density at radius 1 is 1.25 bits per heavy atom. The van der Waals surface area contributed by atoms with Crippen molar-refractivity contribution in [1.29, 1.82) is 0 Å². The van der Waals surface area contributed by atoms with Crippen molar-refractivity contribution < 1.29 is 17.9 Å². The van der Waals surface area contributed by atoms with Gasteiger partial charge in [-0.15, -0.1) is 0 Å². The highest BCUT2D eigenvalue weighted by Crippen LogP contribution is 2.22. The number of hydrogen-bond donors (Lipinski definition) is 1. The predicted molar refractivity (Wildman–Crippen MR) is 96.9 cm³/mol. The van der Waals surface area contributed by atoms with Gasteiger partial charge in [-0.2, -0.15) is 0 Å². The molecular weight excluding hydrogens is 328 g/mol. The molecule has 0 bridgehead atoms. The van der Waals surface area contributed by atoms with E-state index in [4.69, 9.17) is 4.74 Å². The topological polar surface area (TPSA) is 75.7 Å². The maximum atomic E-state index is 12.0. The molecule has 0 fully saturated rings. The van der Waals surface area contributed by atoms with E-state index >= 15 is 0 Å². The fraction of sp³-hybridized carbons (Fsp3) is 0.588. The van der Waals surface area contributed by atoms with Gasteiger partial charge in [-0.25, -0.2) is 8.42 Å². The lowest BCUT2D eigenvalue weighted by Gasteiger charge is -2.22. The first-order valence-electron chi connectivity index (χ1n) is 8.21. The fourth-order valence-electron chi connectivity index (χ4n) is 2.15.